The van der Waals surface area contributed by atoms with Crippen molar-refractivity contribution in [2.75, 3.05) is 0 Å². The van der Waals surface area contributed by atoms with Crippen LogP contribution in [-0.2, 0) is 9.47 Å². The third-order valence-corrected chi connectivity index (χ3v) is 3.08. The van der Waals surface area contributed by atoms with Crippen LogP contribution in [0.1, 0.15) is 51.9 Å². The standard InChI is InChI=1S/C19H23NO6/c1-18(2,3)25-16(22)20-14-9-12(11-21)7-8-13(14)10-15(20)24-17(23)26-19(4,5)6/h7-11H,1-6H3. The average molecular weight is 361 g/mol. The van der Waals surface area contributed by atoms with Gasteiger partial charge in [-0.05, 0) is 47.6 Å². The maximum Gasteiger partial charge on any atom is 0.515 e. The van der Waals surface area contributed by atoms with Crippen LogP contribution >= 0.6 is 0 Å². The lowest BCUT2D eigenvalue weighted by Crippen LogP contribution is -2.29. The molecule has 7 nitrogen and oxygen atoms in total. The molecule has 0 bridgehead atoms. The molecule has 0 amide bonds. The van der Waals surface area contributed by atoms with Gasteiger partial charge in [0, 0.05) is 17.0 Å². The van der Waals surface area contributed by atoms with Crippen molar-refractivity contribution in [2.45, 2.75) is 52.7 Å². The number of ether oxygens (including phenoxy) is 3. The molecule has 0 N–H and O–H groups in total. The van der Waals surface area contributed by atoms with Crippen LogP contribution in [-0.4, -0.2) is 34.3 Å². The normalized spacial score (nSPS) is 11.9. The van der Waals surface area contributed by atoms with Gasteiger partial charge in [0.25, 0.3) is 0 Å². The smallest absolute Gasteiger partial charge is 0.443 e. The molecule has 140 valence electrons. The highest BCUT2D eigenvalue weighted by atomic mass is 16.7. The highest BCUT2D eigenvalue weighted by molar-refractivity contribution is 5.95. The minimum atomic E-state index is -0.944. The molecule has 0 spiro atoms. The van der Waals surface area contributed by atoms with E-state index in [1.54, 1.807) is 53.7 Å². The van der Waals surface area contributed by atoms with Gasteiger partial charge in [-0.1, -0.05) is 12.1 Å². The Morgan fingerprint density at radius 2 is 1.58 bits per heavy atom. The van der Waals surface area contributed by atoms with Crippen molar-refractivity contribution >= 4 is 29.4 Å². The molecule has 0 saturated carbocycles. The largest absolute Gasteiger partial charge is 0.515 e. The number of nitrogens with zero attached hydrogens (tertiary/aromatic N) is 1. The Morgan fingerprint density at radius 3 is 2.12 bits per heavy atom. The van der Waals surface area contributed by atoms with Gasteiger partial charge in [-0.3, -0.25) is 4.79 Å². The third-order valence-electron chi connectivity index (χ3n) is 3.08. The summed E-state index contributed by atoms with van der Waals surface area (Å²) in [7, 11) is 0. The first-order valence-corrected chi connectivity index (χ1v) is 8.14. The Bertz CT molecular complexity index is 851. The van der Waals surface area contributed by atoms with Gasteiger partial charge >= 0.3 is 12.2 Å². The predicted molar refractivity (Wildman–Crippen MR) is 95.8 cm³/mol. The van der Waals surface area contributed by atoms with Crippen LogP contribution in [0, 0.1) is 0 Å². The first-order chi connectivity index (χ1) is 11.9. The van der Waals surface area contributed by atoms with Gasteiger partial charge in [0.05, 0.1) is 5.52 Å². The van der Waals surface area contributed by atoms with Gasteiger partial charge in [-0.25, -0.2) is 14.2 Å². The van der Waals surface area contributed by atoms with E-state index in [1.807, 2.05) is 0 Å². The number of carbonyl (C=O) groups excluding carboxylic acids is 3. The van der Waals surface area contributed by atoms with Gasteiger partial charge in [-0.2, -0.15) is 0 Å². The fraction of sp³-hybridized carbons (Fsp3) is 0.421. The van der Waals surface area contributed by atoms with Crippen LogP contribution in [0.5, 0.6) is 5.88 Å². The lowest BCUT2D eigenvalue weighted by atomic mass is 10.2. The van der Waals surface area contributed by atoms with Crippen molar-refractivity contribution in [3.8, 4) is 5.88 Å². The van der Waals surface area contributed by atoms with E-state index in [2.05, 4.69) is 0 Å². The summed E-state index contributed by atoms with van der Waals surface area (Å²) in [4.78, 5) is 35.7. The lowest BCUT2D eigenvalue weighted by Gasteiger charge is -2.21. The van der Waals surface area contributed by atoms with Gasteiger partial charge in [-0.15, -0.1) is 0 Å². The highest BCUT2D eigenvalue weighted by Crippen LogP contribution is 2.28. The van der Waals surface area contributed by atoms with Crippen LogP contribution < -0.4 is 4.74 Å². The second kappa shape index (κ2) is 6.82. The molecule has 0 radical (unpaired) electrons. The van der Waals surface area contributed by atoms with E-state index in [0.717, 1.165) is 4.57 Å². The molecule has 1 aromatic carbocycles. The van der Waals surface area contributed by atoms with Gasteiger partial charge in [0.2, 0.25) is 5.88 Å². The molecular weight excluding hydrogens is 338 g/mol. The molecule has 26 heavy (non-hydrogen) atoms. The molecule has 0 aliphatic rings. The van der Waals surface area contributed by atoms with Crippen LogP contribution in [0.15, 0.2) is 24.3 Å². The molecule has 0 aliphatic heterocycles. The second-order valence-corrected chi connectivity index (χ2v) is 7.80. The van der Waals surface area contributed by atoms with E-state index in [-0.39, 0.29) is 5.88 Å². The van der Waals surface area contributed by atoms with E-state index in [1.165, 1.54) is 12.1 Å². The molecule has 2 aromatic rings. The molecule has 0 saturated heterocycles. The highest BCUT2D eigenvalue weighted by Gasteiger charge is 2.26. The van der Waals surface area contributed by atoms with Crippen LogP contribution in [0.4, 0.5) is 9.59 Å². The number of benzene rings is 1. The van der Waals surface area contributed by atoms with Crippen LogP contribution in [0.3, 0.4) is 0 Å². The zero-order chi connectivity index (χ0) is 19.7. The minimum absolute atomic E-state index is 0.0495. The van der Waals surface area contributed by atoms with Crippen molar-refractivity contribution in [3.05, 3.63) is 29.8 Å². The van der Waals surface area contributed by atoms with E-state index in [0.29, 0.717) is 22.8 Å². The van der Waals surface area contributed by atoms with Crippen molar-refractivity contribution in [3.63, 3.8) is 0 Å². The maximum absolute atomic E-state index is 12.6. The van der Waals surface area contributed by atoms with Crippen molar-refractivity contribution in [1.82, 2.24) is 4.57 Å². The molecule has 0 atom stereocenters. The number of carbonyl (C=O) groups is 3. The second-order valence-electron chi connectivity index (χ2n) is 7.80. The van der Waals surface area contributed by atoms with Crippen molar-refractivity contribution in [1.29, 1.82) is 0 Å². The topological polar surface area (TPSA) is 83.8 Å². The molecule has 0 fully saturated rings. The summed E-state index contributed by atoms with van der Waals surface area (Å²) in [6.45, 7) is 10.3. The summed E-state index contributed by atoms with van der Waals surface area (Å²) in [5.41, 5.74) is -0.726. The Kier molecular flexibility index (Phi) is 5.11. The van der Waals surface area contributed by atoms with E-state index in [4.69, 9.17) is 14.2 Å². The van der Waals surface area contributed by atoms with Crippen LogP contribution in [0.2, 0.25) is 0 Å². The number of fused-ring (bicyclic) bond motifs is 1. The summed E-state index contributed by atoms with van der Waals surface area (Å²) >= 11 is 0. The lowest BCUT2D eigenvalue weighted by molar-refractivity contribution is 0.0184. The van der Waals surface area contributed by atoms with Crippen LogP contribution in [0.25, 0.3) is 10.9 Å². The van der Waals surface area contributed by atoms with Gasteiger partial charge in [0.1, 0.15) is 17.5 Å². The molecule has 1 heterocycles. The summed E-state index contributed by atoms with van der Waals surface area (Å²) in [5.74, 6) is -0.0495. The maximum atomic E-state index is 12.6. The zero-order valence-electron chi connectivity index (χ0n) is 15.8. The summed E-state index contributed by atoms with van der Waals surface area (Å²) in [6.07, 6.45) is -1.00. The Labute approximate surface area is 151 Å². The monoisotopic (exact) mass is 361 g/mol. The minimum Gasteiger partial charge on any atom is -0.443 e. The Balaban J connectivity index is 2.51. The fourth-order valence-corrected chi connectivity index (χ4v) is 2.19. The number of hydrogen-bond donors (Lipinski definition) is 0. The molecule has 2 rings (SSSR count). The van der Waals surface area contributed by atoms with Gasteiger partial charge < -0.3 is 14.2 Å². The molecule has 0 aliphatic carbocycles. The number of aldehydes is 1. The van der Waals surface area contributed by atoms with Gasteiger partial charge in [0.15, 0.2) is 0 Å². The quantitative estimate of drug-likeness (QED) is 0.576. The summed E-state index contributed by atoms with van der Waals surface area (Å²) in [5, 5.41) is 0.611. The van der Waals surface area contributed by atoms with Crippen molar-refractivity contribution < 1.29 is 28.6 Å². The van der Waals surface area contributed by atoms with E-state index < -0.39 is 23.5 Å². The average Bonchev–Trinajstić information content (AvgIpc) is 2.79. The SMILES string of the molecule is CC(C)(C)OC(=O)Oc1cc2ccc(C=O)cc2n1C(=O)OC(C)(C)C. The fourth-order valence-electron chi connectivity index (χ4n) is 2.19. The number of aromatic nitrogens is 1. The number of rotatable bonds is 2. The molecule has 1 aromatic heterocycles. The van der Waals surface area contributed by atoms with E-state index >= 15 is 0 Å². The first-order valence-electron chi connectivity index (χ1n) is 8.14. The predicted octanol–water partition coefficient (Wildman–Crippen LogP) is 4.55. The Morgan fingerprint density at radius 1 is 0.962 bits per heavy atom. The Hall–Kier alpha value is -2.83. The zero-order valence-corrected chi connectivity index (χ0v) is 15.8. The third kappa shape index (κ3) is 4.84. The summed E-state index contributed by atoms with van der Waals surface area (Å²) in [6, 6.07) is 6.29. The van der Waals surface area contributed by atoms with Crippen molar-refractivity contribution in [2.24, 2.45) is 0 Å². The molecule has 7 heteroatoms. The summed E-state index contributed by atoms with van der Waals surface area (Å²) < 4.78 is 16.9. The number of hydrogen-bond acceptors (Lipinski definition) is 6. The van der Waals surface area contributed by atoms with E-state index in [9.17, 15) is 14.4 Å². The first kappa shape index (κ1) is 19.5. The molecule has 0 unspecified atom stereocenters. The molecular formula is C19H23NO6.